The van der Waals surface area contributed by atoms with Gasteiger partial charge in [0.25, 0.3) is 0 Å². The third-order valence-corrected chi connectivity index (χ3v) is 4.62. The number of halogens is 2. The highest BCUT2D eigenvalue weighted by Gasteiger charge is 2.21. The highest BCUT2D eigenvalue weighted by Crippen LogP contribution is 2.30. The largest absolute Gasteiger partial charge is 0.467 e. The van der Waals surface area contributed by atoms with Crippen LogP contribution in [-0.4, -0.2) is 58.1 Å². The van der Waals surface area contributed by atoms with E-state index in [1.807, 2.05) is 11.9 Å². The maximum Gasteiger partial charge on any atom is 0.193 e. The van der Waals surface area contributed by atoms with Crippen molar-refractivity contribution in [2.75, 3.05) is 47.2 Å². The van der Waals surface area contributed by atoms with E-state index in [4.69, 9.17) is 14.2 Å². The van der Waals surface area contributed by atoms with E-state index in [2.05, 4.69) is 10.3 Å². The molecular formula is C19H29FIN3O3. The number of guanidine groups is 1. The van der Waals surface area contributed by atoms with E-state index < -0.39 is 0 Å². The van der Waals surface area contributed by atoms with Crippen molar-refractivity contribution in [1.82, 2.24) is 10.2 Å². The molecular weight excluding hydrogens is 464 g/mol. The summed E-state index contributed by atoms with van der Waals surface area (Å²) in [6.07, 6.45) is 3.25. The Morgan fingerprint density at radius 2 is 2.22 bits per heavy atom. The normalized spacial score (nSPS) is 16.2. The van der Waals surface area contributed by atoms with E-state index in [1.165, 1.54) is 25.0 Å². The molecule has 1 heterocycles. The molecule has 0 aromatic heterocycles. The van der Waals surface area contributed by atoms with Crippen LogP contribution in [0.4, 0.5) is 4.39 Å². The summed E-state index contributed by atoms with van der Waals surface area (Å²) >= 11 is 0. The summed E-state index contributed by atoms with van der Waals surface area (Å²) in [5.74, 6) is 2.07. The van der Waals surface area contributed by atoms with Gasteiger partial charge in [-0.3, -0.25) is 4.99 Å². The molecule has 0 amide bonds. The van der Waals surface area contributed by atoms with Crippen molar-refractivity contribution in [2.24, 2.45) is 10.9 Å². The number of hydrogen-bond donors (Lipinski definition) is 1. The zero-order chi connectivity index (χ0) is 18.4. The lowest BCUT2D eigenvalue weighted by molar-refractivity contribution is -0.0172. The summed E-state index contributed by atoms with van der Waals surface area (Å²) in [5, 5.41) is 3.32. The maximum atomic E-state index is 13.8. The zero-order valence-electron chi connectivity index (χ0n) is 16.0. The monoisotopic (exact) mass is 493 g/mol. The minimum Gasteiger partial charge on any atom is -0.467 e. The van der Waals surface area contributed by atoms with Gasteiger partial charge in [-0.1, -0.05) is 0 Å². The molecule has 0 bridgehead atoms. The fourth-order valence-corrected chi connectivity index (χ4v) is 2.98. The number of nitrogens with zero attached hydrogens (tertiary/aromatic N) is 2. The minimum absolute atomic E-state index is 0. The number of aliphatic imine (C=N–C) groups is 1. The number of benzene rings is 1. The number of ether oxygens (including phenoxy) is 3. The van der Waals surface area contributed by atoms with Crippen LogP contribution in [0.5, 0.6) is 5.75 Å². The van der Waals surface area contributed by atoms with Gasteiger partial charge in [0.05, 0.1) is 13.2 Å². The first-order chi connectivity index (χ1) is 12.7. The molecule has 1 N–H and O–H groups in total. The first-order valence-electron chi connectivity index (χ1n) is 9.18. The number of fused-ring (bicyclic) bond motifs is 1. The molecule has 27 heavy (non-hydrogen) atoms. The quantitative estimate of drug-likeness (QED) is 0.261. The summed E-state index contributed by atoms with van der Waals surface area (Å²) in [6, 6.07) is 3.00. The van der Waals surface area contributed by atoms with Crippen LogP contribution in [0.1, 0.15) is 24.0 Å². The predicted octanol–water partition coefficient (Wildman–Crippen LogP) is 2.79. The van der Waals surface area contributed by atoms with Crippen LogP contribution in [0.3, 0.4) is 0 Å². The van der Waals surface area contributed by atoms with Crippen molar-refractivity contribution in [3.05, 3.63) is 29.1 Å². The Morgan fingerprint density at radius 3 is 2.96 bits per heavy atom. The first kappa shape index (κ1) is 22.2. The number of hydrogen-bond acceptors (Lipinski definition) is 4. The Hall–Kier alpha value is -1.13. The average molecular weight is 493 g/mol. The second-order valence-electron chi connectivity index (χ2n) is 6.83. The molecule has 0 atom stereocenters. The second-order valence-corrected chi connectivity index (χ2v) is 6.83. The van der Waals surface area contributed by atoms with Crippen molar-refractivity contribution < 1.29 is 18.6 Å². The predicted molar refractivity (Wildman–Crippen MR) is 113 cm³/mol. The molecule has 0 unspecified atom stereocenters. The van der Waals surface area contributed by atoms with Gasteiger partial charge >= 0.3 is 0 Å². The number of likely N-dealkylation sites (N-methyl/N-ethyl adjacent to an activating group) is 1. The Balaban J connectivity index is 0.00000261. The van der Waals surface area contributed by atoms with Crippen LogP contribution in [-0.2, 0) is 22.5 Å². The lowest BCUT2D eigenvalue weighted by Gasteiger charge is -2.23. The first-order valence-corrected chi connectivity index (χ1v) is 9.18. The number of nitrogens with one attached hydrogen (secondary N) is 1. The van der Waals surface area contributed by atoms with Crippen molar-refractivity contribution >= 4 is 29.9 Å². The van der Waals surface area contributed by atoms with Gasteiger partial charge < -0.3 is 24.4 Å². The molecule has 1 aromatic rings. The maximum absolute atomic E-state index is 13.8. The Labute approximate surface area is 177 Å². The van der Waals surface area contributed by atoms with Gasteiger partial charge in [-0.05, 0) is 42.9 Å². The van der Waals surface area contributed by atoms with Crippen molar-refractivity contribution in [1.29, 1.82) is 0 Å². The lowest BCUT2D eigenvalue weighted by Crippen LogP contribution is -2.41. The van der Waals surface area contributed by atoms with Crippen LogP contribution in [0.2, 0.25) is 0 Å². The third-order valence-electron chi connectivity index (χ3n) is 4.62. The van der Waals surface area contributed by atoms with E-state index in [0.29, 0.717) is 26.2 Å². The summed E-state index contributed by atoms with van der Waals surface area (Å²) < 4.78 is 30.2. The van der Waals surface area contributed by atoms with Crippen molar-refractivity contribution in [2.45, 2.75) is 25.9 Å². The topological polar surface area (TPSA) is 55.3 Å². The summed E-state index contributed by atoms with van der Waals surface area (Å²) in [5.41, 5.74) is 1.61. The van der Waals surface area contributed by atoms with E-state index in [1.54, 1.807) is 7.05 Å². The molecule has 0 spiro atoms. The molecule has 1 aliphatic heterocycles. The fraction of sp³-hybridized carbons (Fsp3) is 0.632. The average Bonchev–Trinajstić information content (AvgIpc) is 3.46. The molecule has 152 valence electrons. The van der Waals surface area contributed by atoms with E-state index in [0.717, 1.165) is 41.9 Å². The van der Waals surface area contributed by atoms with E-state index >= 15 is 0 Å². The Bertz CT molecular complexity index is 641. The molecule has 2 aliphatic rings. The number of rotatable bonds is 8. The lowest BCUT2D eigenvalue weighted by atomic mass is 10.1. The van der Waals surface area contributed by atoms with Crippen LogP contribution in [0, 0.1) is 11.7 Å². The summed E-state index contributed by atoms with van der Waals surface area (Å²) in [4.78, 5) is 6.34. The van der Waals surface area contributed by atoms with Crippen LogP contribution < -0.4 is 10.1 Å². The molecule has 0 saturated heterocycles. The molecule has 1 aromatic carbocycles. The smallest absolute Gasteiger partial charge is 0.193 e. The van der Waals surface area contributed by atoms with Crippen LogP contribution in [0.15, 0.2) is 17.1 Å². The molecule has 3 rings (SSSR count). The standard InChI is InChI=1S/C19H28FN3O3.HI/c1-21-19(23(2)7-8-24-11-14-3-4-14)22-6-5-15-9-17(20)10-16-12-25-13-26-18(15)16;/h9-10,14H,3-8,11-13H2,1-2H3,(H,21,22);1H. The van der Waals surface area contributed by atoms with Gasteiger partial charge in [0.15, 0.2) is 12.8 Å². The second kappa shape index (κ2) is 11.0. The highest BCUT2D eigenvalue weighted by atomic mass is 127. The van der Waals surface area contributed by atoms with Crippen molar-refractivity contribution in [3.8, 4) is 5.75 Å². The molecule has 8 heteroatoms. The Morgan fingerprint density at radius 1 is 1.41 bits per heavy atom. The fourth-order valence-electron chi connectivity index (χ4n) is 2.98. The third kappa shape index (κ3) is 6.76. The zero-order valence-corrected chi connectivity index (χ0v) is 18.3. The molecule has 1 aliphatic carbocycles. The SMILES string of the molecule is CN=C(NCCc1cc(F)cc2c1OCOC2)N(C)CCOCC1CC1.I. The van der Waals surface area contributed by atoms with Crippen LogP contribution >= 0.6 is 24.0 Å². The van der Waals surface area contributed by atoms with Gasteiger partial charge in [-0.2, -0.15) is 0 Å². The molecule has 1 fully saturated rings. The molecule has 0 radical (unpaired) electrons. The van der Waals surface area contributed by atoms with Gasteiger partial charge in [0.2, 0.25) is 0 Å². The van der Waals surface area contributed by atoms with Gasteiger partial charge in [-0.15, -0.1) is 24.0 Å². The van der Waals surface area contributed by atoms with Gasteiger partial charge in [0.1, 0.15) is 11.6 Å². The highest BCUT2D eigenvalue weighted by molar-refractivity contribution is 14.0. The van der Waals surface area contributed by atoms with Gasteiger partial charge in [0, 0.05) is 39.4 Å². The van der Waals surface area contributed by atoms with Gasteiger partial charge in [-0.25, -0.2) is 4.39 Å². The molecule has 1 saturated carbocycles. The van der Waals surface area contributed by atoms with Crippen LogP contribution in [0.25, 0.3) is 0 Å². The Kier molecular flexibility index (Phi) is 9.04. The van der Waals surface area contributed by atoms with E-state index in [-0.39, 0.29) is 36.6 Å². The minimum atomic E-state index is -0.262. The summed E-state index contributed by atoms with van der Waals surface area (Å²) in [7, 11) is 3.74. The van der Waals surface area contributed by atoms with Crippen molar-refractivity contribution in [3.63, 3.8) is 0 Å². The summed E-state index contributed by atoms with van der Waals surface area (Å²) in [6.45, 7) is 3.58. The molecule has 6 nitrogen and oxygen atoms in total. The van der Waals surface area contributed by atoms with E-state index in [9.17, 15) is 4.39 Å².